The molecule has 0 fully saturated rings. The molecule has 0 atom stereocenters. The quantitative estimate of drug-likeness (QED) is 0.653. The van der Waals surface area contributed by atoms with Crippen LogP contribution in [0.1, 0.15) is 0 Å². The Hall–Kier alpha value is -0.580. The topological polar surface area (TPSA) is 39.9 Å². The van der Waals surface area contributed by atoms with Gasteiger partial charge in [-0.2, -0.15) is 4.98 Å². The van der Waals surface area contributed by atoms with Gasteiger partial charge in [-0.15, -0.1) is 5.10 Å². The number of hydrogen-bond acceptors (Lipinski definition) is 3. The van der Waals surface area contributed by atoms with E-state index < -0.39 is 0 Å². The normalized spacial score (nSPS) is 9.67. The Labute approximate surface area is 61.0 Å². The first kappa shape index (κ1) is 6.54. The highest BCUT2D eigenvalue weighted by atomic mass is 79.9. The van der Waals surface area contributed by atoms with Crippen molar-refractivity contribution in [3.8, 4) is 6.01 Å². The van der Waals surface area contributed by atoms with Crippen LogP contribution in [0.4, 0.5) is 0 Å². The highest BCUT2D eigenvalue weighted by Gasteiger charge is 2.01. The van der Waals surface area contributed by atoms with Crippen molar-refractivity contribution in [1.29, 1.82) is 0 Å². The molecule has 5 heteroatoms. The van der Waals surface area contributed by atoms with Crippen LogP contribution in [0.15, 0.2) is 4.73 Å². The van der Waals surface area contributed by atoms with Crippen LogP contribution >= 0.6 is 15.9 Å². The average Bonchev–Trinajstić information content (AvgIpc) is 2.10. The molecule has 0 saturated heterocycles. The molecule has 0 spiro atoms. The van der Waals surface area contributed by atoms with Gasteiger partial charge in [0.2, 0.25) is 4.73 Å². The van der Waals surface area contributed by atoms with E-state index in [-0.39, 0.29) is 0 Å². The number of halogens is 1. The van der Waals surface area contributed by atoms with Gasteiger partial charge in [0.15, 0.2) is 0 Å². The summed E-state index contributed by atoms with van der Waals surface area (Å²) in [6, 6.07) is 0.502. The summed E-state index contributed by atoms with van der Waals surface area (Å²) in [5, 5.41) is 3.88. The van der Waals surface area contributed by atoms with Crippen LogP contribution in [0.2, 0.25) is 0 Å². The molecule has 50 valence electrons. The summed E-state index contributed by atoms with van der Waals surface area (Å²) >= 11 is 3.10. The third-order valence-electron chi connectivity index (χ3n) is 0.880. The first-order valence-electron chi connectivity index (χ1n) is 2.34. The number of ether oxygens (including phenoxy) is 1. The van der Waals surface area contributed by atoms with E-state index in [2.05, 4.69) is 26.0 Å². The highest BCUT2D eigenvalue weighted by Crippen LogP contribution is 2.08. The molecular formula is C4H6BrN3O. The molecule has 0 amide bonds. The monoisotopic (exact) mass is 191 g/mol. The van der Waals surface area contributed by atoms with Gasteiger partial charge in [-0.05, 0) is 15.9 Å². The number of rotatable bonds is 1. The van der Waals surface area contributed by atoms with Crippen molar-refractivity contribution in [2.24, 2.45) is 7.05 Å². The summed E-state index contributed by atoms with van der Waals surface area (Å²) in [7, 11) is 3.31. The minimum Gasteiger partial charge on any atom is -0.467 e. The number of methoxy groups -OCH3 is 1. The lowest BCUT2D eigenvalue weighted by Gasteiger charge is -1.92. The SMILES string of the molecule is COc1nc(Br)nn1C. The third kappa shape index (κ3) is 1.21. The average molecular weight is 192 g/mol. The molecule has 0 aliphatic rings. The fourth-order valence-electron chi connectivity index (χ4n) is 0.518. The molecule has 0 aliphatic heterocycles. The predicted molar refractivity (Wildman–Crippen MR) is 35.3 cm³/mol. The lowest BCUT2D eigenvalue weighted by atomic mass is 11.1. The molecule has 0 N–H and O–H groups in total. The van der Waals surface area contributed by atoms with E-state index in [1.807, 2.05) is 0 Å². The smallest absolute Gasteiger partial charge is 0.315 e. The van der Waals surface area contributed by atoms with Crippen molar-refractivity contribution >= 4 is 15.9 Å². The number of aromatic nitrogens is 3. The van der Waals surface area contributed by atoms with Crippen LogP contribution < -0.4 is 4.74 Å². The Morgan fingerprint density at radius 1 is 1.67 bits per heavy atom. The van der Waals surface area contributed by atoms with Crippen molar-refractivity contribution in [2.45, 2.75) is 0 Å². The van der Waals surface area contributed by atoms with Gasteiger partial charge in [-0.1, -0.05) is 0 Å². The summed E-state index contributed by atoms with van der Waals surface area (Å²) in [6.07, 6.45) is 0. The van der Waals surface area contributed by atoms with Crippen LogP contribution in [0, 0.1) is 0 Å². The summed E-state index contributed by atoms with van der Waals surface area (Å²) in [6.45, 7) is 0. The molecule has 0 unspecified atom stereocenters. The molecule has 1 aromatic heterocycles. The second-order valence-electron chi connectivity index (χ2n) is 1.49. The number of nitrogens with zero attached hydrogens (tertiary/aromatic N) is 3. The first-order chi connectivity index (χ1) is 4.24. The zero-order chi connectivity index (χ0) is 6.85. The molecule has 0 radical (unpaired) electrons. The molecule has 1 rings (SSSR count). The lowest BCUT2D eigenvalue weighted by Crippen LogP contribution is -1.95. The zero-order valence-electron chi connectivity index (χ0n) is 5.13. The van der Waals surface area contributed by atoms with Gasteiger partial charge in [0, 0.05) is 7.05 Å². The van der Waals surface area contributed by atoms with E-state index in [4.69, 9.17) is 4.74 Å². The minimum absolute atomic E-state index is 0.502. The second-order valence-corrected chi connectivity index (χ2v) is 2.20. The first-order valence-corrected chi connectivity index (χ1v) is 3.14. The Bertz CT molecular complexity index is 210. The maximum Gasteiger partial charge on any atom is 0.315 e. The maximum absolute atomic E-state index is 4.83. The molecule has 1 aromatic rings. The van der Waals surface area contributed by atoms with Gasteiger partial charge < -0.3 is 4.74 Å². The molecular weight excluding hydrogens is 186 g/mol. The predicted octanol–water partition coefficient (Wildman–Crippen LogP) is 0.586. The molecule has 0 saturated carbocycles. The summed E-state index contributed by atoms with van der Waals surface area (Å²) in [4.78, 5) is 3.88. The molecule has 0 aliphatic carbocycles. The Kier molecular flexibility index (Phi) is 1.70. The standard InChI is InChI=1S/C4H6BrN3O/c1-8-4(9-2)6-3(5)7-8/h1-2H3. The van der Waals surface area contributed by atoms with Gasteiger partial charge in [-0.3, -0.25) is 0 Å². The molecule has 0 aromatic carbocycles. The van der Waals surface area contributed by atoms with E-state index in [9.17, 15) is 0 Å². The Balaban J connectivity index is 3.01. The van der Waals surface area contributed by atoms with E-state index in [0.29, 0.717) is 10.7 Å². The van der Waals surface area contributed by atoms with Crippen LogP contribution in [0.5, 0.6) is 6.01 Å². The van der Waals surface area contributed by atoms with Crippen LogP contribution in [-0.2, 0) is 7.05 Å². The third-order valence-corrected chi connectivity index (χ3v) is 1.22. The van der Waals surface area contributed by atoms with Crippen LogP contribution in [0.25, 0.3) is 0 Å². The Morgan fingerprint density at radius 3 is 2.56 bits per heavy atom. The van der Waals surface area contributed by atoms with Crippen molar-refractivity contribution in [3.05, 3.63) is 4.73 Å². The summed E-state index contributed by atoms with van der Waals surface area (Å²) < 4.78 is 6.91. The minimum atomic E-state index is 0.502. The van der Waals surface area contributed by atoms with Gasteiger partial charge in [0.05, 0.1) is 7.11 Å². The van der Waals surface area contributed by atoms with E-state index in [0.717, 1.165) is 0 Å². The van der Waals surface area contributed by atoms with Crippen molar-refractivity contribution < 1.29 is 4.74 Å². The van der Waals surface area contributed by atoms with E-state index in [1.54, 1.807) is 18.8 Å². The fourth-order valence-corrected chi connectivity index (χ4v) is 0.908. The lowest BCUT2D eigenvalue weighted by molar-refractivity contribution is 0.359. The van der Waals surface area contributed by atoms with E-state index >= 15 is 0 Å². The van der Waals surface area contributed by atoms with Gasteiger partial charge >= 0.3 is 6.01 Å². The van der Waals surface area contributed by atoms with Gasteiger partial charge in [0.25, 0.3) is 0 Å². The molecule has 9 heavy (non-hydrogen) atoms. The summed E-state index contributed by atoms with van der Waals surface area (Å²) in [5.74, 6) is 0. The Morgan fingerprint density at radius 2 is 2.33 bits per heavy atom. The fraction of sp³-hybridized carbons (Fsp3) is 0.500. The zero-order valence-corrected chi connectivity index (χ0v) is 6.71. The molecule has 1 heterocycles. The van der Waals surface area contributed by atoms with Gasteiger partial charge in [0.1, 0.15) is 0 Å². The largest absolute Gasteiger partial charge is 0.467 e. The highest BCUT2D eigenvalue weighted by molar-refractivity contribution is 9.10. The van der Waals surface area contributed by atoms with Crippen LogP contribution in [0.3, 0.4) is 0 Å². The van der Waals surface area contributed by atoms with Crippen molar-refractivity contribution in [3.63, 3.8) is 0 Å². The second kappa shape index (κ2) is 2.34. The number of aryl methyl sites for hydroxylation is 1. The van der Waals surface area contributed by atoms with E-state index in [1.165, 1.54) is 0 Å². The summed E-state index contributed by atoms with van der Waals surface area (Å²) in [5.41, 5.74) is 0. The van der Waals surface area contributed by atoms with Crippen molar-refractivity contribution in [2.75, 3.05) is 7.11 Å². The molecule has 4 nitrogen and oxygen atoms in total. The maximum atomic E-state index is 4.83. The number of hydrogen-bond donors (Lipinski definition) is 0. The van der Waals surface area contributed by atoms with Crippen molar-refractivity contribution in [1.82, 2.24) is 14.8 Å². The molecule has 0 bridgehead atoms. The van der Waals surface area contributed by atoms with Gasteiger partial charge in [-0.25, -0.2) is 4.68 Å². The van der Waals surface area contributed by atoms with Crippen LogP contribution in [-0.4, -0.2) is 21.9 Å².